The number of aromatic nitrogens is 2. The summed E-state index contributed by atoms with van der Waals surface area (Å²) >= 11 is 0. The van der Waals surface area contributed by atoms with Gasteiger partial charge in [0.25, 0.3) is 0 Å². The summed E-state index contributed by atoms with van der Waals surface area (Å²) in [5, 5.41) is 8.22. The number of para-hydroxylation sites is 3. The van der Waals surface area contributed by atoms with Crippen molar-refractivity contribution in [2.45, 2.75) is 0 Å². The van der Waals surface area contributed by atoms with Gasteiger partial charge in [0.15, 0.2) is 0 Å². The van der Waals surface area contributed by atoms with E-state index < -0.39 is 0 Å². The summed E-state index contributed by atoms with van der Waals surface area (Å²) in [6.45, 7) is 0. The van der Waals surface area contributed by atoms with Crippen molar-refractivity contribution in [1.82, 2.24) is 9.55 Å². The number of furan rings is 1. The van der Waals surface area contributed by atoms with Gasteiger partial charge >= 0.3 is 0 Å². The molecule has 242 valence electrons. The Hall–Kier alpha value is -6.97. The number of pyridine rings is 1. The van der Waals surface area contributed by atoms with E-state index in [9.17, 15) is 0 Å². The number of nitrogens with zero attached hydrogens (tertiary/aromatic N) is 2. The van der Waals surface area contributed by atoms with Crippen molar-refractivity contribution in [3.63, 3.8) is 0 Å². The molecule has 0 saturated carbocycles. The van der Waals surface area contributed by atoms with Gasteiger partial charge in [-0.25, -0.2) is 4.98 Å². The van der Waals surface area contributed by atoms with Gasteiger partial charge in [0, 0.05) is 38.2 Å². The quantitative estimate of drug-likeness (QED) is 0.188. The predicted molar refractivity (Wildman–Crippen MR) is 217 cm³/mol. The largest absolute Gasteiger partial charge is 0.456 e. The first-order chi connectivity index (χ1) is 25.8. The monoisotopic (exact) mass is 662 g/mol. The smallest absolute Gasteiger partial charge is 0.136 e. The Morgan fingerprint density at radius 3 is 1.98 bits per heavy atom. The van der Waals surface area contributed by atoms with Crippen LogP contribution in [0, 0.1) is 0 Å². The van der Waals surface area contributed by atoms with Crippen LogP contribution in [0.2, 0.25) is 0 Å². The van der Waals surface area contributed by atoms with Crippen LogP contribution in [0.25, 0.3) is 105 Å². The molecular weight excluding hydrogens is 633 g/mol. The Morgan fingerprint density at radius 2 is 1.08 bits per heavy atom. The summed E-state index contributed by atoms with van der Waals surface area (Å²) < 4.78 is 8.87. The molecule has 0 bridgehead atoms. The van der Waals surface area contributed by atoms with Gasteiger partial charge in [-0.05, 0) is 93.7 Å². The summed E-state index contributed by atoms with van der Waals surface area (Å²) in [6, 6.07) is 64.9. The lowest BCUT2D eigenvalue weighted by atomic mass is 9.93. The van der Waals surface area contributed by atoms with Gasteiger partial charge in [-0.1, -0.05) is 121 Å². The van der Waals surface area contributed by atoms with Crippen LogP contribution >= 0.6 is 0 Å². The maximum absolute atomic E-state index is 6.51. The fourth-order valence-corrected chi connectivity index (χ4v) is 8.22. The normalized spacial score (nSPS) is 11.8. The zero-order valence-corrected chi connectivity index (χ0v) is 28.1. The number of hydrogen-bond acceptors (Lipinski definition) is 2. The molecule has 0 fully saturated rings. The van der Waals surface area contributed by atoms with E-state index in [1.54, 1.807) is 0 Å². The van der Waals surface area contributed by atoms with Crippen LogP contribution in [0.1, 0.15) is 0 Å². The highest BCUT2D eigenvalue weighted by atomic mass is 16.3. The van der Waals surface area contributed by atoms with Crippen molar-refractivity contribution in [3.8, 4) is 39.2 Å². The molecule has 0 saturated heterocycles. The lowest BCUT2D eigenvalue weighted by Gasteiger charge is -2.13. The molecule has 0 unspecified atom stereocenters. The number of rotatable bonds is 4. The molecule has 0 aliphatic heterocycles. The lowest BCUT2D eigenvalue weighted by molar-refractivity contribution is 0.669. The van der Waals surface area contributed by atoms with E-state index in [2.05, 4.69) is 187 Å². The summed E-state index contributed by atoms with van der Waals surface area (Å²) in [4.78, 5) is 5.28. The molecule has 0 aliphatic carbocycles. The summed E-state index contributed by atoms with van der Waals surface area (Å²) in [7, 11) is 0. The standard InChI is InChI=1S/C49H30N2O/c1-2-14-34(15-3-1)51-45-22-9-7-18-38(45)41-28-32(24-26-46(41)51)33-25-27-47-42(29-33)49-39(20-11-23-48(49)52-47)44-30-40(37-17-6-8-21-43(37)50-44)36-19-10-13-31-12-4-5-16-35(31)36/h1-30H. The van der Waals surface area contributed by atoms with Crippen molar-refractivity contribution in [2.24, 2.45) is 0 Å². The van der Waals surface area contributed by atoms with Crippen LogP contribution in [-0.2, 0) is 0 Å². The highest BCUT2D eigenvalue weighted by Gasteiger charge is 2.18. The number of hydrogen-bond donors (Lipinski definition) is 0. The average molecular weight is 663 g/mol. The number of benzene rings is 8. The van der Waals surface area contributed by atoms with Crippen LogP contribution in [-0.4, -0.2) is 9.55 Å². The van der Waals surface area contributed by atoms with Gasteiger partial charge in [0.05, 0.1) is 22.2 Å². The second-order valence-electron chi connectivity index (χ2n) is 13.5. The van der Waals surface area contributed by atoms with E-state index in [-0.39, 0.29) is 0 Å². The van der Waals surface area contributed by atoms with Crippen LogP contribution in [0.3, 0.4) is 0 Å². The SMILES string of the molecule is c1ccc(-n2c3ccccc3c3cc(-c4ccc5oc6cccc(-c7cc(-c8cccc9ccccc89)c8ccccc8n7)c6c5c4)ccc32)cc1. The zero-order chi connectivity index (χ0) is 34.2. The number of fused-ring (bicyclic) bond motifs is 8. The van der Waals surface area contributed by atoms with Gasteiger partial charge in [-0.15, -0.1) is 0 Å². The summed E-state index contributed by atoms with van der Waals surface area (Å²) in [5.41, 5.74) is 12.9. The average Bonchev–Trinajstić information content (AvgIpc) is 3.76. The minimum Gasteiger partial charge on any atom is -0.456 e. The maximum Gasteiger partial charge on any atom is 0.136 e. The molecule has 0 N–H and O–H groups in total. The first-order valence-corrected chi connectivity index (χ1v) is 17.7. The van der Waals surface area contributed by atoms with Crippen molar-refractivity contribution in [1.29, 1.82) is 0 Å². The highest BCUT2D eigenvalue weighted by molar-refractivity contribution is 6.15. The predicted octanol–water partition coefficient (Wildman–Crippen LogP) is 13.4. The third kappa shape index (κ3) is 4.36. The molecule has 0 aliphatic rings. The molecule has 0 radical (unpaired) electrons. The van der Waals surface area contributed by atoms with Crippen LogP contribution < -0.4 is 0 Å². The van der Waals surface area contributed by atoms with Crippen molar-refractivity contribution in [3.05, 3.63) is 182 Å². The van der Waals surface area contributed by atoms with Gasteiger partial charge in [-0.2, -0.15) is 0 Å². The van der Waals surface area contributed by atoms with E-state index in [0.29, 0.717) is 0 Å². The molecule has 3 aromatic heterocycles. The Bertz CT molecular complexity index is 3180. The molecule has 11 aromatic rings. The Kier molecular flexibility index (Phi) is 6.25. The third-order valence-electron chi connectivity index (χ3n) is 10.6. The first kappa shape index (κ1) is 28.8. The fraction of sp³-hybridized carbons (Fsp3) is 0. The van der Waals surface area contributed by atoms with Gasteiger partial charge in [0.2, 0.25) is 0 Å². The zero-order valence-electron chi connectivity index (χ0n) is 28.1. The molecule has 3 heterocycles. The van der Waals surface area contributed by atoms with E-state index >= 15 is 0 Å². The lowest BCUT2D eigenvalue weighted by Crippen LogP contribution is -1.92. The van der Waals surface area contributed by atoms with Gasteiger partial charge < -0.3 is 8.98 Å². The minimum absolute atomic E-state index is 0.854. The second kappa shape index (κ2) is 11.3. The summed E-state index contributed by atoms with van der Waals surface area (Å²) in [5.74, 6) is 0. The molecule has 0 amide bonds. The van der Waals surface area contributed by atoms with Crippen molar-refractivity contribution < 1.29 is 4.42 Å². The highest BCUT2D eigenvalue weighted by Crippen LogP contribution is 2.42. The van der Waals surface area contributed by atoms with E-state index in [0.717, 1.165) is 55.3 Å². The van der Waals surface area contributed by atoms with Gasteiger partial charge in [-0.3, -0.25) is 0 Å². The fourth-order valence-electron chi connectivity index (χ4n) is 8.22. The molecule has 11 rings (SSSR count). The first-order valence-electron chi connectivity index (χ1n) is 17.7. The molecular formula is C49H30N2O. The Labute approximate surface area is 299 Å². The van der Waals surface area contributed by atoms with Crippen LogP contribution in [0.4, 0.5) is 0 Å². The maximum atomic E-state index is 6.51. The van der Waals surface area contributed by atoms with Crippen molar-refractivity contribution in [2.75, 3.05) is 0 Å². The summed E-state index contributed by atoms with van der Waals surface area (Å²) in [6.07, 6.45) is 0. The molecule has 0 spiro atoms. The molecule has 3 heteroatoms. The van der Waals surface area contributed by atoms with Gasteiger partial charge in [0.1, 0.15) is 11.2 Å². The van der Waals surface area contributed by atoms with Crippen LogP contribution in [0.15, 0.2) is 186 Å². The molecule has 0 atom stereocenters. The van der Waals surface area contributed by atoms with E-state index in [4.69, 9.17) is 9.40 Å². The second-order valence-corrected chi connectivity index (χ2v) is 13.5. The Balaban J connectivity index is 1.11. The molecule has 52 heavy (non-hydrogen) atoms. The van der Waals surface area contributed by atoms with E-state index in [1.165, 1.54) is 49.3 Å². The third-order valence-corrected chi connectivity index (χ3v) is 10.6. The minimum atomic E-state index is 0.854. The topological polar surface area (TPSA) is 31.0 Å². The van der Waals surface area contributed by atoms with Crippen molar-refractivity contribution >= 4 is 65.4 Å². The molecule has 3 nitrogen and oxygen atoms in total. The Morgan fingerprint density at radius 1 is 0.404 bits per heavy atom. The molecule has 8 aromatic carbocycles. The van der Waals surface area contributed by atoms with E-state index in [1.807, 2.05) is 0 Å². The van der Waals surface area contributed by atoms with Crippen LogP contribution in [0.5, 0.6) is 0 Å².